The van der Waals surface area contributed by atoms with Crippen LogP contribution in [0.25, 0.3) is 0 Å². The van der Waals surface area contributed by atoms with Crippen LogP contribution in [-0.4, -0.2) is 54.8 Å². The first-order chi connectivity index (χ1) is 13.3. The van der Waals surface area contributed by atoms with E-state index in [0.29, 0.717) is 0 Å². The van der Waals surface area contributed by atoms with Crippen molar-refractivity contribution in [3.05, 3.63) is 35.9 Å². The Morgan fingerprint density at radius 1 is 1.18 bits per heavy atom. The van der Waals surface area contributed by atoms with E-state index in [1.54, 1.807) is 12.1 Å². The third-order valence-corrected chi connectivity index (χ3v) is 3.66. The van der Waals surface area contributed by atoms with Crippen molar-refractivity contribution in [2.45, 2.75) is 38.0 Å². The quantitative estimate of drug-likeness (QED) is 0.371. The van der Waals surface area contributed by atoms with E-state index in [2.05, 4.69) is 15.4 Å². The number of benzene rings is 1. The Balaban J connectivity index is 2.31. The normalized spacial score (nSPS) is 12.4. The Morgan fingerprint density at radius 2 is 1.86 bits per heavy atom. The Morgan fingerprint density at radius 3 is 2.46 bits per heavy atom. The number of ether oxygens (including phenoxy) is 2. The van der Waals surface area contributed by atoms with Crippen molar-refractivity contribution in [1.82, 2.24) is 10.6 Å². The summed E-state index contributed by atoms with van der Waals surface area (Å²) in [5.41, 5.74) is 5.99. The van der Waals surface area contributed by atoms with Gasteiger partial charge in [-0.3, -0.25) is 14.4 Å². The Labute approximate surface area is 162 Å². The van der Waals surface area contributed by atoms with Crippen LogP contribution in [0.1, 0.15) is 24.8 Å². The zero-order chi connectivity index (χ0) is 20.9. The number of carbonyl (C=O) groups excluding carboxylic acids is 4. The molecule has 1 rings (SSSR count). The Hall–Kier alpha value is -3.14. The minimum Gasteiger partial charge on any atom is -0.469 e. The molecule has 5 N–H and O–H groups in total. The predicted octanol–water partition coefficient (Wildman–Crippen LogP) is -0.413. The average molecular weight is 395 g/mol. The van der Waals surface area contributed by atoms with E-state index >= 15 is 0 Å². The van der Waals surface area contributed by atoms with E-state index in [4.69, 9.17) is 10.5 Å². The lowest BCUT2D eigenvalue weighted by Gasteiger charge is -2.17. The third-order valence-electron chi connectivity index (χ3n) is 3.66. The summed E-state index contributed by atoms with van der Waals surface area (Å²) in [5, 5.41) is 14.5. The number of carbonyl (C=O) groups is 4. The minimum absolute atomic E-state index is 0.0199. The molecule has 0 radical (unpaired) electrons. The lowest BCUT2D eigenvalue weighted by molar-refractivity contribution is -0.141. The SMILES string of the molecule is COC(=O)CC[C@@H](NC(=O)C[C@H](O)CNC(=O)OCc1ccccc1)C(N)=O. The highest BCUT2D eigenvalue weighted by molar-refractivity contribution is 5.87. The summed E-state index contributed by atoms with van der Waals surface area (Å²) < 4.78 is 9.43. The van der Waals surface area contributed by atoms with Crippen molar-refractivity contribution in [3.63, 3.8) is 0 Å². The number of nitrogens with two attached hydrogens (primary N) is 1. The van der Waals surface area contributed by atoms with Crippen LogP contribution in [-0.2, 0) is 30.5 Å². The molecule has 2 atom stereocenters. The zero-order valence-corrected chi connectivity index (χ0v) is 15.6. The molecule has 3 amide bonds. The van der Waals surface area contributed by atoms with Gasteiger partial charge < -0.3 is 30.9 Å². The molecule has 154 valence electrons. The van der Waals surface area contributed by atoms with Gasteiger partial charge in [0, 0.05) is 13.0 Å². The van der Waals surface area contributed by atoms with Crippen LogP contribution in [0.15, 0.2) is 30.3 Å². The summed E-state index contributed by atoms with van der Waals surface area (Å²) in [4.78, 5) is 46.0. The standard InChI is InChI=1S/C18H25N3O7/c1-27-16(24)8-7-14(17(19)25)21-15(23)9-13(22)10-20-18(26)28-11-12-5-3-2-4-6-12/h2-6,13-14,22H,7-11H2,1H3,(H2,19,25)(H,20,26)(H,21,23)/t13-,14+/m0/s1. The fraction of sp³-hybridized carbons (Fsp3) is 0.444. The maximum absolute atomic E-state index is 11.9. The van der Waals surface area contributed by atoms with Crippen LogP contribution in [0.2, 0.25) is 0 Å². The third kappa shape index (κ3) is 9.53. The van der Waals surface area contributed by atoms with Gasteiger partial charge in [0.2, 0.25) is 11.8 Å². The van der Waals surface area contributed by atoms with Crippen molar-refractivity contribution in [1.29, 1.82) is 0 Å². The van der Waals surface area contributed by atoms with E-state index in [1.807, 2.05) is 18.2 Å². The predicted molar refractivity (Wildman–Crippen MR) is 97.6 cm³/mol. The highest BCUT2D eigenvalue weighted by Gasteiger charge is 2.21. The second kappa shape index (κ2) is 12.3. The molecule has 10 nitrogen and oxygen atoms in total. The van der Waals surface area contributed by atoms with E-state index in [0.717, 1.165) is 5.56 Å². The van der Waals surface area contributed by atoms with Crippen LogP contribution in [0.4, 0.5) is 4.79 Å². The second-order valence-electron chi connectivity index (χ2n) is 5.94. The van der Waals surface area contributed by atoms with Crippen LogP contribution < -0.4 is 16.4 Å². The number of hydrogen-bond donors (Lipinski definition) is 4. The molecule has 1 aromatic carbocycles. The number of amides is 3. The van der Waals surface area contributed by atoms with Crippen molar-refractivity contribution in [2.75, 3.05) is 13.7 Å². The molecule has 0 saturated heterocycles. The number of nitrogens with one attached hydrogen (secondary N) is 2. The van der Waals surface area contributed by atoms with Crippen molar-refractivity contribution in [2.24, 2.45) is 5.73 Å². The summed E-state index contributed by atoms with van der Waals surface area (Å²) >= 11 is 0. The van der Waals surface area contributed by atoms with Crippen molar-refractivity contribution >= 4 is 23.9 Å². The molecular weight excluding hydrogens is 370 g/mol. The van der Waals surface area contributed by atoms with Gasteiger partial charge in [0.05, 0.1) is 19.6 Å². The summed E-state index contributed by atoms with van der Waals surface area (Å²) in [6.07, 6.45) is -2.42. The molecule has 0 aromatic heterocycles. The van der Waals surface area contributed by atoms with Crippen LogP contribution in [0.5, 0.6) is 0 Å². The number of aliphatic hydroxyl groups excluding tert-OH is 1. The topological polar surface area (TPSA) is 157 Å². The summed E-state index contributed by atoms with van der Waals surface area (Å²) in [6, 6.07) is 7.97. The molecule has 0 spiro atoms. The largest absolute Gasteiger partial charge is 0.469 e. The van der Waals surface area contributed by atoms with Crippen molar-refractivity contribution < 1.29 is 33.8 Å². The smallest absolute Gasteiger partial charge is 0.407 e. The number of alkyl carbamates (subject to hydrolysis) is 1. The molecule has 0 saturated carbocycles. The van der Waals surface area contributed by atoms with Gasteiger partial charge in [-0.2, -0.15) is 0 Å². The van der Waals surface area contributed by atoms with Gasteiger partial charge in [-0.15, -0.1) is 0 Å². The lowest BCUT2D eigenvalue weighted by atomic mass is 10.1. The molecule has 0 aliphatic rings. The molecule has 0 aliphatic carbocycles. The minimum atomic E-state index is -1.20. The molecule has 28 heavy (non-hydrogen) atoms. The summed E-state index contributed by atoms with van der Waals surface area (Å²) in [5.74, 6) is -2.01. The van der Waals surface area contributed by atoms with Gasteiger partial charge in [0.15, 0.2) is 0 Å². The number of methoxy groups -OCH3 is 1. The van der Waals surface area contributed by atoms with E-state index in [1.165, 1.54) is 7.11 Å². The summed E-state index contributed by atoms with van der Waals surface area (Å²) in [7, 11) is 1.20. The average Bonchev–Trinajstić information content (AvgIpc) is 2.68. The van der Waals surface area contributed by atoms with E-state index in [9.17, 15) is 24.3 Å². The second-order valence-corrected chi connectivity index (χ2v) is 5.94. The lowest BCUT2D eigenvalue weighted by Crippen LogP contribution is -2.46. The van der Waals surface area contributed by atoms with Gasteiger partial charge in [-0.1, -0.05) is 30.3 Å². The van der Waals surface area contributed by atoms with E-state index < -0.39 is 36.0 Å². The first kappa shape index (κ1) is 22.9. The number of esters is 1. The highest BCUT2D eigenvalue weighted by Crippen LogP contribution is 2.02. The van der Waals surface area contributed by atoms with Gasteiger partial charge >= 0.3 is 12.1 Å². The number of hydrogen-bond acceptors (Lipinski definition) is 7. The van der Waals surface area contributed by atoms with Gasteiger partial charge in [0.25, 0.3) is 0 Å². The first-order valence-corrected chi connectivity index (χ1v) is 8.60. The number of primary amides is 1. The monoisotopic (exact) mass is 395 g/mol. The molecular formula is C18H25N3O7. The van der Waals surface area contributed by atoms with Gasteiger partial charge in [-0.05, 0) is 12.0 Å². The number of rotatable bonds is 11. The molecule has 1 aromatic rings. The molecule has 0 aliphatic heterocycles. The molecule has 10 heteroatoms. The fourth-order valence-corrected chi connectivity index (χ4v) is 2.16. The molecule has 0 fully saturated rings. The Kier molecular flexibility index (Phi) is 10.0. The van der Waals surface area contributed by atoms with Crippen LogP contribution >= 0.6 is 0 Å². The molecule has 0 bridgehead atoms. The van der Waals surface area contributed by atoms with E-state index in [-0.39, 0.29) is 32.4 Å². The fourth-order valence-electron chi connectivity index (χ4n) is 2.16. The van der Waals surface area contributed by atoms with Crippen LogP contribution in [0, 0.1) is 0 Å². The highest BCUT2D eigenvalue weighted by atomic mass is 16.5. The maximum atomic E-state index is 11.9. The number of aliphatic hydroxyl groups is 1. The maximum Gasteiger partial charge on any atom is 0.407 e. The summed E-state index contributed by atoms with van der Waals surface area (Å²) in [6.45, 7) is -0.145. The van der Waals surface area contributed by atoms with Crippen LogP contribution in [0.3, 0.4) is 0 Å². The molecule has 0 unspecified atom stereocenters. The van der Waals surface area contributed by atoms with Crippen molar-refractivity contribution in [3.8, 4) is 0 Å². The van der Waals surface area contributed by atoms with Gasteiger partial charge in [0.1, 0.15) is 12.6 Å². The first-order valence-electron chi connectivity index (χ1n) is 8.60. The Bertz CT molecular complexity index is 666. The molecule has 0 heterocycles. The zero-order valence-electron chi connectivity index (χ0n) is 15.6. The van der Waals surface area contributed by atoms with Gasteiger partial charge in [-0.25, -0.2) is 4.79 Å².